The van der Waals surface area contributed by atoms with Gasteiger partial charge in [0.25, 0.3) is 0 Å². The summed E-state index contributed by atoms with van der Waals surface area (Å²) < 4.78 is 0. The third-order valence-corrected chi connectivity index (χ3v) is 4.48. The molecule has 4 heteroatoms. The van der Waals surface area contributed by atoms with Gasteiger partial charge in [-0.2, -0.15) is 0 Å². The second-order valence-corrected chi connectivity index (χ2v) is 5.89. The second kappa shape index (κ2) is 7.97. The molecule has 22 heavy (non-hydrogen) atoms. The number of hydrogen-bond acceptors (Lipinski definition) is 2. The Balaban J connectivity index is 1.78. The van der Waals surface area contributed by atoms with Gasteiger partial charge in [-0.3, -0.25) is 9.59 Å². The third kappa shape index (κ3) is 4.09. The lowest BCUT2D eigenvalue weighted by Gasteiger charge is -2.29. The van der Waals surface area contributed by atoms with Crippen LogP contribution in [0.3, 0.4) is 0 Å². The van der Waals surface area contributed by atoms with Crippen molar-refractivity contribution in [3.8, 4) is 0 Å². The van der Waals surface area contributed by atoms with E-state index in [0.29, 0.717) is 19.5 Å². The highest BCUT2D eigenvalue weighted by Crippen LogP contribution is 2.18. The summed E-state index contributed by atoms with van der Waals surface area (Å²) in [5.41, 5.74) is 2.58. The zero-order valence-electron chi connectivity index (χ0n) is 13.6. The maximum absolute atomic E-state index is 12.3. The van der Waals surface area contributed by atoms with Crippen LogP contribution in [-0.2, 0) is 22.6 Å². The SMILES string of the molecule is CCC(CC)C(=O)NCCC(=O)N1CCc2ccccc2C1. The minimum atomic E-state index is 0.0666. The Bertz CT molecular complexity index is 524. The molecule has 0 aromatic heterocycles. The van der Waals surface area contributed by atoms with Crippen molar-refractivity contribution < 1.29 is 9.59 Å². The summed E-state index contributed by atoms with van der Waals surface area (Å²) in [5.74, 6) is 0.262. The Morgan fingerprint density at radius 1 is 1.18 bits per heavy atom. The van der Waals surface area contributed by atoms with Crippen molar-refractivity contribution in [3.63, 3.8) is 0 Å². The molecule has 0 spiro atoms. The molecule has 0 unspecified atom stereocenters. The van der Waals surface area contributed by atoms with Gasteiger partial charge in [0.1, 0.15) is 0 Å². The maximum Gasteiger partial charge on any atom is 0.224 e. The molecule has 120 valence electrons. The first kappa shape index (κ1) is 16.5. The van der Waals surface area contributed by atoms with Gasteiger partial charge in [-0.15, -0.1) is 0 Å². The highest BCUT2D eigenvalue weighted by Gasteiger charge is 2.20. The first-order chi connectivity index (χ1) is 10.7. The number of fused-ring (bicyclic) bond motifs is 1. The van der Waals surface area contributed by atoms with Crippen LogP contribution < -0.4 is 5.32 Å². The van der Waals surface area contributed by atoms with E-state index < -0.39 is 0 Å². The zero-order chi connectivity index (χ0) is 15.9. The van der Waals surface area contributed by atoms with E-state index in [9.17, 15) is 9.59 Å². The molecule has 0 atom stereocenters. The largest absolute Gasteiger partial charge is 0.355 e. The molecule has 0 radical (unpaired) electrons. The Labute approximate surface area is 132 Å². The van der Waals surface area contributed by atoms with E-state index in [2.05, 4.69) is 17.4 Å². The Hall–Kier alpha value is -1.84. The molecule has 4 nitrogen and oxygen atoms in total. The molecular formula is C18H26N2O2. The van der Waals surface area contributed by atoms with Crippen LogP contribution in [0.2, 0.25) is 0 Å². The molecule has 2 amide bonds. The number of nitrogens with one attached hydrogen (secondary N) is 1. The summed E-state index contributed by atoms with van der Waals surface area (Å²) in [7, 11) is 0. The van der Waals surface area contributed by atoms with Crippen LogP contribution in [0.25, 0.3) is 0 Å². The quantitative estimate of drug-likeness (QED) is 0.878. The van der Waals surface area contributed by atoms with Gasteiger partial charge < -0.3 is 10.2 Å². The van der Waals surface area contributed by atoms with E-state index in [-0.39, 0.29) is 17.7 Å². The summed E-state index contributed by atoms with van der Waals surface area (Å²) in [4.78, 5) is 26.1. The van der Waals surface area contributed by atoms with Crippen LogP contribution in [0.15, 0.2) is 24.3 Å². The van der Waals surface area contributed by atoms with Crippen molar-refractivity contribution in [3.05, 3.63) is 35.4 Å². The fourth-order valence-electron chi connectivity index (χ4n) is 2.96. The highest BCUT2D eigenvalue weighted by molar-refractivity contribution is 5.80. The molecule has 1 aliphatic heterocycles. The smallest absolute Gasteiger partial charge is 0.224 e. The van der Waals surface area contributed by atoms with Crippen molar-refractivity contribution >= 4 is 11.8 Å². The first-order valence-corrected chi connectivity index (χ1v) is 8.28. The number of carbonyl (C=O) groups excluding carboxylic acids is 2. The minimum Gasteiger partial charge on any atom is -0.355 e. The predicted molar refractivity (Wildman–Crippen MR) is 87.3 cm³/mol. The van der Waals surface area contributed by atoms with Crippen molar-refractivity contribution in [2.45, 2.75) is 46.1 Å². The molecule has 1 aliphatic rings. The van der Waals surface area contributed by atoms with E-state index in [1.54, 1.807) is 0 Å². The first-order valence-electron chi connectivity index (χ1n) is 8.28. The number of carbonyl (C=O) groups is 2. The molecule has 2 rings (SSSR count). The van der Waals surface area contributed by atoms with E-state index in [4.69, 9.17) is 0 Å². The van der Waals surface area contributed by atoms with Gasteiger partial charge in [0.05, 0.1) is 0 Å². The molecule has 1 aromatic rings. The Kier molecular flexibility index (Phi) is 5.99. The fourth-order valence-corrected chi connectivity index (χ4v) is 2.96. The molecule has 0 bridgehead atoms. The lowest BCUT2D eigenvalue weighted by atomic mass is 10.00. The number of rotatable bonds is 6. The summed E-state index contributed by atoms with van der Waals surface area (Å²) in [6.45, 7) is 5.94. The highest BCUT2D eigenvalue weighted by atomic mass is 16.2. The van der Waals surface area contributed by atoms with Gasteiger partial charge in [-0.1, -0.05) is 38.1 Å². The Morgan fingerprint density at radius 3 is 2.55 bits per heavy atom. The third-order valence-electron chi connectivity index (χ3n) is 4.48. The van der Waals surface area contributed by atoms with Crippen molar-refractivity contribution in [1.29, 1.82) is 0 Å². The predicted octanol–water partition coefficient (Wildman–Crippen LogP) is 2.51. The number of hydrogen-bond donors (Lipinski definition) is 1. The topological polar surface area (TPSA) is 49.4 Å². The summed E-state index contributed by atoms with van der Waals surface area (Å²) in [5, 5.41) is 2.89. The minimum absolute atomic E-state index is 0.0666. The lowest BCUT2D eigenvalue weighted by molar-refractivity contribution is -0.132. The maximum atomic E-state index is 12.3. The van der Waals surface area contributed by atoms with Crippen molar-refractivity contribution in [2.24, 2.45) is 5.92 Å². The number of nitrogens with zero attached hydrogens (tertiary/aromatic N) is 1. The summed E-state index contributed by atoms with van der Waals surface area (Å²) in [6, 6.07) is 8.28. The average Bonchev–Trinajstić information content (AvgIpc) is 2.55. The zero-order valence-corrected chi connectivity index (χ0v) is 13.6. The van der Waals surface area contributed by atoms with Gasteiger partial charge in [0.15, 0.2) is 0 Å². The van der Waals surface area contributed by atoms with Crippen LogP contribution in [0.1, 0.15) is 44.2 Å². The number of benzene rings is 1. The molecule has 0 saturated heterocycles. The Morgan fingerprint density at radius 2 is 1.86 bits per heavy atom. The van der Waals surface area contributed by atoms with Gasteiger partial charge in [-0.25, -0.2) is 0 Å². The average molecular weight is 302 g/mol. The summed E-state index contributed by atoms with van der Waals surface area (Å²) >= 11 is 0. The molecule has 0 fully saturated rings. The van der Waals surface area contributed by atoms with Gasteiger partial charge in [0, 0.05) is 32.0 Å². The normalized spacial score (nSPS) is 13.9. The van der Waals surface area contributed by atoms with Crippen LogP contribution >= 0.6 is 0 Å². The van der Waals surface area contributed by atoms with Crippen LogP contribution in [0.4, 0.5) is 0 Å². The van der Waals surface area contributed by atoms with Crippen molar-refractivity contribution in [2.75, 3.05) is 13.1 Å². The van der Waals surface area contributed by atoms with E-state index in [1.165, 1.54) is 11.1 Å². The molecule has 0 saturated carbocycles. The van der Waals surface area contributed by atoms with Gasteiger partial charge in [0.2, 0.25) is 11.8 Å². The number of amides is 2. The molecule has 1 aromatic carbocycles. The lowest BCUT2D eigenvalue weighted by Crippen LogP contribution is -2.38. The monoisotopic (exact) mass is 302 g/mol. The molecular weight excluding hydrogens is 276 g/mol. The van der Waals surface area contributed by atoms with E-state index >= 15 is 0 Å². The standard InChI is InChI=1S/C18H26N2O2/c1-3-14(4-2)18(22)19-11-9-17(21)20-12-10-15-7-5-6-8-16(15)13-20/h5-8,14H,3-4,9-13H2,1-2H3,(H,19,22). The van der Waals surface area contributed by atoms with Crippen molar-refractivity contribution in [1.82, 2.24) is 10.2 Å². The summed E-state index contributed by atoms with van der Waals surface area (Å²) in [6.07, 6.45) is 2.99. The molecule has 1 heterocycles. The second-order valence-electron chi connectivity index (χ2n) is 5.89. The molecule has 0 aliphatic carbocycles. The van der Waals surface area contributed by atoms with Gasteiger partial charge in [-0.05, 0) is 30.4 Å². The van der Waals surface area contributed by atoms with Crippen LogP contribution in [0, 0.1) is 5.92 Å². The fraction of sp³-hybridized carbons (Fsp3) is 0.556. The van der Waals surface area contributed by atoms with Gasteiger partial charge >= 0.3 is 0 Å². The van der Waals surface area contributed by atoms with E-state index in [0.717, 1.165) is 25.8 Å². The molecule has 1 N–H and O–H groups in total. The van der Waals surface area contributed by atoms with E-state index in [1.807, 2.05) is 30.9 Å². The van der Waals surface area contributed by atoms with Crippen LogP contribution in [0.5, 0.6) is 0 Å². The van der Waals surface area contributed by atoms with Crippen LogP contribution in [-0.4, -0.2) is 29.8 Å².